The molecular formula is C77H124N14O20S. The smallest absolute Gasteiger partial charge is 0.412 e. The van der Waals surface area contributed by atoms with Gasteiger partial charge in [-0.1, -0.05) is 99.4 Å². The number of carbonyl (C=O) groups excluding carboxylic acids is 12. The average molecular weight is 1600 g/mol. The minimum atomic E-state index is -4.09. The van der Waals surface area contributed by atoms with Gasteiger partial charge in [0.25, 0.3) is 5.91 Å². The van der Waals surface area contributed by atoms with Crippen LogP contribution in [0.4, 0.5) is 15.3 Å². The number of piperidine rings is 1. The number of hydrogen-bond acceptors (Lipinski definition) is 20. The maximum atomic E-state index is 14.5. The zero-order valence-corrected chi connectivity index (χ0v) is 68.6. The highest BCUT2D eigenvalue weighted by molar-refractivity contribution is 7.89. The van der Waals surface area contributed by atoms with Gasteiger partial charge in [-0.25, -0.2) is 23.5 Å². The molecule has 35 heteroatoms. The summed E-state index contributed by atoms with van der Waals surface area (Å²) >= 11 is 0. The van der Waals surface area contributed by atoms with E-state index in [1.807, 2.05) is 65.3 Å². The Kier molecular flexibility index (Phi) is 40.4. The van der Waals surface area contributed by atoms with E-state index in [9.17, 15) is 75.9 Å². The molecular weight excluding hydrogens is 1470 g/mol. The van der Waals surface area contributed by atoms with Gasteiger partial charge in [0.05, 0.1) is 61.5 Å². The molecule has 12 N–H and O–H groups in total. The van der Waals surface area contributed by atoms with Gasteiger partial charge in [-0.15, -0.1) is 0 Å². The first-order valence-electron chi connectivity index (χ1n) is 38.7. The van der Waals surface area contributed by atoms with Gasteiger partial charge in [-0.3, -0.25) is 67.2 Å². The number of nitrogens with zero attached hydrogens (tertiary/aromatic N) is 4. The lowest BCUT2D eigenvalue weighted by molar-refractivity contribution is -0.148. The summed E-state index contributed by atoms with van der Waals surface area (Å²) in [5, 5.41) is 28.3. The molecule has 2 heterocycles. The van der Waals surface area contributed by atoms with Crippen LogP contribution in [0.15, 0.2) is 48.5 Å². The molecule has 13 amide bonds. The van der Waals surface area contributed by atoms with Crippen LogP contribution in [0.5, 0.6) is 5.75 Å². The molecule has 0 aromatic heterocycles. The summed E-state index contributed by atoms with van der Waals surface area (Å²) in [6, 6.07) is 5.68. The number of carboxylic acid groups (broad SMARTS) is 1. The number of benzene rings is 2. The Bertz CT molecular complexity index is 3550. The quantitative estimate of drug-likeness (QED) is 0.0331. The van der Waals surface area contributed by atoms with Crippen LogP contribution in [0, 0.1) is 35.5 Å². The predicted octanol–water partition coefficient (Wildman–Crippen LogP) is 3.84. The van der Waals surface area contributed by atoms with E-state index in [1.165, 1.54) is 26.4 Å². The molecule has 0 radical (unpaired) electrons. The number of carboxylic acids is 1. The van der Waals surface area contributed by atoms with Gasteiger partial charge in [-0.05, 0) is 131 Å². The van der Waals surface area contributed by atoms with Crippen LogP contribution >= 0.6 is 0 Å². The van der Waals surface area contributed by atoms with Crippen LogP contribution < -0.4 is 57.9 Å². The van der Waals surface area contributed by atoms with E-state index in [1.54, 1.807) is 78.9 Å². The van der Waals surface area contributed by atoms with E-state index in [4.69, 9.17) is 24.8 Å². The molecule has 2 aliphatic rings. The van der Waals surface area contributed by atoms with Crippen LogP contribution in [0.2, 0.25) is 0 Å². The number of likely N-dealkylation sites (tertiary alicyclic amines) is 2. The van der Waals surface area contributed by atoms with Crippen molar-refractivity contribution >= 4 is 92.9 Å². The van der Waals surface area contributed by atoms with Crippen LogP contribution in [-0.4, -0.2) is 239 Å². The summed E-state index contributed by atoms with van der Waals surface area (Å²) in [6.45, 7) is 17.9. The maximum absolute atomic E-state index is 14.5. The van der Waals surface area contributed by atoms with Crippen molar-refractivity contribution in [2.45, 2.75) is 226 Å². The first-order valence-corrected chi connectivity index (χ1v) is 40.6. The Balaban J connectivity index is 1.24. The molecule has 0 saturated carbocycles. The summed E-state index contributed by atoms with van der Waals surface area (Å²) in [5.41, 5.74) is 9.08. The van der Waals surface area contributed by atoms with E-state index in [-0.39, 0.29) is 124 Å². The number of ether oxygens (including phenoxy) is 3. The number of carbonyl (C=O) groups is 13. The van der Waals surface area contributed by atoms with Crippen molar-refractivity contribution in [3.63, 3.8) is 0 Å². The third-order valence-corrected chi connectivity index (χ3v) is 20.9. The molecule has 2 fully saturated rings. The van der Waals surface area contributed by atoms with Crippen molar-refractivity contribution in [3.8, 4) is 5.75 Å². The highest BCUT2D eigenvalue weighted by Crippen LogP contribution is 2.31. The second kappa shape index (κ2) is 47.5. The Morgan fingerprint density at radius 2 is 1.25 bits per heavy atom. The fourth-order valence-electron chi connectivity index (χ4n) is 14.0. The second-order valence-electron chi connectivity index (χ2n) is 30.4. The minimum absolute atomic E-state index is 0.0252. The maximum Gasteiger partial charge on any atom is 0.412 e. The number of methoxy groups -OCH3 is 2. The fraction of sp³-hybridized carbons (Fsp3) is 0.675. The number of likely N-dealkylation sites (N-methyl/N-ethyl adjacent to an activating group) is 2. The van der Waals surface area contributed by atoms with Crippen molar-refractivity contribution in [1.82, 2.24) is 61.7 Å². The molecule has 0 bridgehead atoms. The number of hydrogen-bond donors (Lipinski definition) is 11. The zero-order valence-electron chi connectivity index (χ0n) is 67.8. The molecule has 2 aliphatic heterocycles. The van der Waals surface area contributed by atoms with E-state index in [0.29, 0.717) is 87.8 Å². The molecule has 0 unspecified atom stereocenters. The topological polar surface area (TPSA) is 460 Å². The number of amides is 13. The normalized spacial score (nSPS) is 16.6. The van der Waals surface area contributed by atoms with Crippen molar-refractivity contribution in [2.75, 3.05) is 79.7 Å². The Hall–Kier alpha value is -9.06. The Morgan fingerprint density at radius 3 is 1.82 bits per heavy atom. The number of aliphatic carboxylic acids is 1. The Labute approximate surface area is 659 Å². The summed E-state index contributed by atoms with van der Waals surface area (Å²) in [4.78, 5) is 184. The van der Waals surface area contributed by atoms with Crippen LogP contribution in [0.3, 0.4) is 0 Å². The summed E-state index contributed by atoms with van der Waals surface area (Å²) < 4.78 is 44.1. The first-order chi connectivity index (χ1) is 52.8. The lowest BCUT2D eigenvalue weighted by atomic mass is 9.89. The standard InChI is InChI=1S/C77H124N14O20S/c1-16-49(8)67(89(12)74(101)65(47(4)5)85-73(100)66(48(6)7)88(10)11)59(108-13)44-63(95)91-40-22-24-58(91)68(109-14)50(9)69(96)83-57(71(98)87-112(15,106)107)43-51-30-34-55(35-31-51)111-77(105)80-38-19-17-18-25-61(93)86-110-45-52-28-32-54(33-29-52)81-70(97)56(23-21-39-79-76(78)104)82-72(99)64(46(2)3)84-60(92)26-20-27-62(94)90-41-36-53(37-42-90)75(102)103/h28-35,46-50,53,56-59,64-68H,16-27,36-45H2,1-15H3,(H,80,105)(H,81,97)(H,82,99)(H,83,96)(H,84,92)(H,85,100)(H,86,93)(H,87,98)(H,102,103)(H3,78,79,104)/t49-,50+,56-,57-,58-,59+,64-,65-,66-,67-,68+/m0/s1. The van der Waals surface area contributed by atoms with Crippen molar-refractivity contribution in [2.24, 2.45) is 41.2 Å². The number of primary amides is 1. The van der Waals surface area contributed by atoms with Gasteiger partial charge >= 0.3 is 18.1 Å². The number of nitrogens with two attached hydrogens (primary N) is 1. The van der Waals surface area contributed by atoms with E-state index in [0.717, 1.165) is 6.26 Å². The number of nitrogens with one attached hydrogen (secondary N) is 9. The van der Waals surface area contributed by atoms with E-state index >= 15 is 0 Å². The Morgan fingerprint density at radius 1 is 0.634 bits per heavy atom. The number of urea groups is 1. The number of rotatable bonds is 47. The van der Waals surface area contributed by atoms with Gasteiger partial charge in [0, 0.05) is 85.4 Å². The van der Waals surface area contributed by atoms with Gasteiger partial charge < -0.3 is 77.0 Å². The zero-order chi connectivity index (χ0) is 83.7. The number of unbranched alkanes of at least 4 members (excludes halogenated alkanes) is 2. The second-order valence-corrected chi connectivity index (χ2v) is 32.1. The largest absolute Gasteiger partial charge is 0.481 e. The molecule has 112 heavy (non-hydrogen) atoms. The molecule has 0 aliphatic carbocycles. The van der Waals surface area contributed by atoms with Gasteiger partial charge in [0.15, 0.2) is 0 Å². The summed E-state index contributed by atoms with van der Waals surface area (Å²) in [7, 11) is 4.11. The van der Waals surface area contributed by atoms with Crippen molar-refractivity contribution < 1.29 is 94.9 Å². The van der Waals surface area contributed by atoms with Crippen molar-refractivity contribution in [3.05, 3.63) is 59.7 Å². The predicted molar refractivity (Wildman–Crippen MR) is 417 cm³/mol. The average Bonchev–Trinajstić information content (AvgIpc) is 1.46. The molecule has 11 atom stereocenters. The number of sulfonamides is 1. The highest BCUT2D eigenvalue weighted by Gasteiger charge is 2.44. The van der Waals surface area contributed by atoms with Gasteiger partial charge in [0.1, 0.15) is 29.9 Å². The third kappa shape index (κ3) is 31.8. The van der Waals surface area contributed by atoms with Crippen LogP contribution in [-0.2, 0) is 90.1 Å². The minimum Gasteiger partial charge on any atom is -0.481 e. The lowest BCUT2D eigenvalue weighted by Crippen LogP contribution is -2.59. The summed E-state index contributed by atoms with van der Waals surface area (Å²) in [6.07, 6.45) is 2.67. The third-order valence-electron chi connectivity index (χ3n) is 20.3. The van der Waals surface area contributed by atoms with Gasteiger partial charge in [0.2, 0.25) is 63.2 Å². The first kappa shape index (κ1) is 95.3. The SMILES string of the molecule is CC[C@H](C)[C@@H]([C@@H](CC(=O)N1CCC[C@H]1[C@H](OC)[C@@H](C)C(=O)N[C@@H](Cc1ccc(OC(=O)NCCCCCC(=O)NOCc2ccc(NC(=O)[C@H](CCCNC(N)=O)NC(=O)[C@@H](NC(=O)CCCC(=O)N3CCC(C(=O)O)CC3)C(C)C)cc2)cc1)C(=O)NS(C)(=O)=O)OC)N(C)C(=O)[C@@H](NC(=O)[C@H](C(C)C)N(C)C)C(C)C. The van der Waals surface area contributed by atoms with Gasteiger partial charge in [-0.2, -0.15) is 0 Å². The van der Waals surface area contributed by atoms with Crippen LogP contribution in [0.1, 0.15) is 170 Å². The van der Waals surface area contributed by atoms with E-state index < -0.39 is 130 Å². The fourth-order valence-corrected chi connectivity index (χ4v) is 14.5. The van der Waals surface area contributed by atoms with Crippen LogP contribution in [0.25, 0.3) is 0 Å². The lowest BCUT2D eigenvalue weighted by Gasteiger charge is -2.41. The molecule has 2 aromatic rings. The number of anilines is 1. The molecule has 2 aromatic carbocycles. The molecule has 628 valence electrons. The molecule has 0 spiro atoms. The number of hydroxylamine groups is 1. The highest BCUT2D eigenvalue weighted by atomic mass is 32.2. The molecule has 34 nitrogen and oxygen atoms in total. The molecule has 2 saturated heterocycles. The molecule has 4 rings (SSSR count). The van der Waals surface area contributed by atoms with Crippen molar-refractivity contribution in [1.29, 1.82) is 0 Å². The summed E-state index contributed by atoms with van der Waals surface area (Å²) in [5.74, 6) is -7.86. The monoisotopic (exact) mass is 1600 g/mol. The van der Waals surface area contributed by atoms with E-state index in [2.05, 4.69) is 42.7 Å².